The molecule has 2 aromatic heterocycles. The first-order chi connectivity index (χ1) is 8.72. The fourth-order valence-electron chi connectivity index (χ4n) is 1.76. The minimum Gasteiger partial charge on any atom is -0.338 e. The van der Waals surface area contributed by atoms with Crippen LogP contribution in [-0.4, -0.2) is 28.9 Å². The fraction of sp³-hybridized carbons (Fsp3) is 0.385. The highest BCUT2D eigenvalue weighted by Crippen LogP contribution is 2.16. The van der Waals surface area contributed by atoms with E-state index < -0.39 is 0 Å². The van der Waals surface area contributed by atoms with Gasteiger partial charge in [0.1, 0.15) is 0 Å². The van der Waals surface area contributed by atoms with Gasteiger partial charge in [0, 0.05) is 36.5 Å². The Bertz CT molecular complexity index is 505. The number of rotatable bonds is 5. The van der Waals surface area contributed by atoms with Crippen molar-refractivity contribution in [1.29, 1.82) is 0 Å². The Kier molecular flexibility index (Phi) is 4.49. The molecule has 2 heterocycles. The third-order valence-corrected chi connectivity index (χ3v) is 4.53. The van der Waals surface area contributed by atoms with Gasteiger partial charge >= 0.3 is 0 Å². The number of hydrogen-bond donors (Lipinski definition) is 0. The monoisotopic (exact) mass is 280 g/mol. The Morgan fingerprint density at radius 3 is 2.83 bits per heavy atom. The molecular weight excluding hydrogens is 264 g/mol. The van der Waals surface area contributed by atoms with E-state index in [1.807, 2.05) is 34.9 Å². The van der Waals surface area contributed by atoms with Crippen molar-refractivity contribution in [2.24, 2.45) is 0 Å². The number of likely N-dealkylation sites (N-methyl/N-ethyl adjacent to an activating group) is 1. The van der Waals surface area contributed by atoms with E-state index in [4.69, 9.17) is 0 Å². The molecule has 0 radical (unpaired) electrons. The molecule has 0 saturated heterocycles. The third kappa shape index (κ3) is 2.97. The van der Waals surface area contributed by atoms with E-state index in [1.165, 1.54) is 0 Å². The Balaban J connectivity index is 2.00. The first kappa shape index (κ1) is 13.2. The van der Waals surface area contributed by atoms with E-state index >= 15 is 0 Å². The molecule has 0 aromatic carbocycles. The van der Waals surface area contributed by atoms with E-state index in [1.54, 1.807) is 28.9 Å². The van der Waals surface area contributed by atoms with Gasteiger partial charge in [-0.2, -0.15) is 11.3 Å². The van der Waals surface area contributed by atoms with Crippen LogP contribution in [0.25, 0.3) is 0 Å². The second kappa shape index (κ2) is 6.11. The van der Waals surface area contributed by atoms with Crippen molar-refractivity contribution in [2.75, 3.05) is 13.1 Å². The second-order valence-electron chi connectivity index (χ2n) is 4.03. The van der Waals surface area contributed by atoms with Crippen LogP contribution in [0.5, 0.6) is 0 Å². The van der Waals surface area contributed by atoms with Gasteiger partial charge in [0.25, 0.3) is 5.91 Å². The summed E-state index contributed by atoms with van der Waals surface area (Å²) < 4.78 is 0. The van der Waals surface area contributed by atoms with Crippen LogP contribution in [0.4, 0.5) is 0 Å². The molecular formula is C13H16N2OS2. The maximum atomic E-state index is 12.3. The van der Waals surface area contributed by atoms with Crippen molar-refractivity contribution in [3.05, 3.63) is 38.5 Å². The van der Waals surface area contributed by atoms with Crippen molar-refractivity contribution in [3.8, 4) is 0 Å². The van der Waals surface area contributed by atoms with Gasteiger partial charge in [-0.25, -0.2) is 4.98 Å². The molecule has 0 atom stereocenters. The van der Waals surface area contributed by atoms with Crippen LogP contribution in [0.3, 0.4) is 0 Å². The summed E-state index contributed by atoms with van der Waals surface area (Å²) in [5.41, 5.74) is 1.90. The van der Waals surface area contributed by atoms with Crippen molar-refractivity contribution < 1.29 is 4.79 Å². The largest absolute Gasteiger partial charge is 0.338 e. The lowest BCUT2D eigenvalue weighted by atomic mass is 10.2. The van der Waals surface area contributed by atoms with Gasteiger partial charge in [0.2, 0.25) is 0 Å². The van der Waals surface area contributed by atoms with Gasteiger partial charge in [-0.05, 0) is 24.8 Å². The van der Waals surface area contributed by atoms with E-state index in [2.05, 4.69) is 4.98 Å². The van der Waals surface area contributed by atoms with Crippen molar-refractivity contribution in [2.45, 2.75) is 20.3 Å². The summed E-state index contributed by atoms with van der Waals surface area (Å²) in [6.45, 7) is 5.47. The zero-order chi connectivity index (χ0) is 13.0. The molecule has 0 bridgehead atoms. The molecule has 0 unspecified atom stereocenters. The predicted octanol–water partition coefficient (Wildman–Crippen LogP) is 3.22. The maximum Gasteiger partial charge on any atom is 0.254 e. The number of aryl methyl sites for hydroxylation is 1. The van der Waals surface area contributed by atoms with Crippen LogP contribution in [0.1, 0.15) is 27.9 Å². The molecule has 0 aliphatic carbocycles. The summed E-state index contributed by atoms with van der Waals surface area (Å²) >= 11 is 3.22. The number of carbonyl (C=O) groups is 1. The van der Waals surface area contributed by atoms with Crippen LogP contribution in [0, 0.1) is 6.92 Å². The zero-order valence-corrected chi connectivity index (χ0v) is 12.2. The average Bonchev–Trinajstić information content (AvgIpc) is 3.00. The summed E-state index contributed by atoms with van der Waals surface area (Å²) in [4.78, 5) is 18.5. The topological polar surface area (TPSA) is 33.2 Å². The number of amides is 1. The highest BCUT2D eigenvalue weighted by Gasteiger charge is 2.16. The fourth-order valence-corrected chi connectivity index (χ4v) is 3.19. The SMILES string of the molecule is CCN(CCc1nccs1)C(=O)c1cscc1C. The summed E-state index contributed by atoms with van der Waals surface area (Å²) in [6, 6.07) is 0. The smallest absolute Gasteiger partial charge is 0.254 e. The highest BCUT2D eigenvalue weighted by molar-refractivity contribution is 7.09. The molecule has 5 heteroatoms. The lowest BCUT2D eigenvalue weighted by Crippen LogP contribution is -2.32. The predicted molar refractivity (Wildman–Crippen MR) is 76.5 cm³/mol. The average molecular weight is 280 g/mol. The van der Waals surface area contributed by atoms with Gasteiger partial charge in [-0.3, -0.25) is 4.79 Å². The first-order valence-corrected chi connectivity index (χ1v) is 7.75. The third-order valence-electron chi connectivity index (χ3n) is 2.83. The van der Waals surface area contributed by atoms with Gasteiger partial charge in [-0.1, -0.05) is 0 Å². The number of carbonyl (C=O) groups excluding carboxylic acids is 1. The molecule has 0 spiro atoms. The normalized spacial score (nSPS) is 10.6. The van der Waals surface area contributed by atoms with Crippen molar-refractivity contribution in [1.82, 2.24) is 9.88 Å². The quantitative estimate of drug-likeness (QED) is 0.842. The van der Waals surface area contributed by atoms with Gasteiger partial charge in [0.05, 0.1) is 10.6 Å². The number of aromatic nitrogens is 1. The standard InChI is InChI=1S/C13H16N2OS2/c1-3-15(6-4-12-14-5-7-18-12)13(16)11-9-17-8-10(11)2/h5,7-9H,3-4,6H2,1-2H3. The van der Waals surface area contributed by atoms with Crippen LogP contribution in [0.15, 0.2) is 22.3 Å². The van der Waals surface area contributed by atoms with E-state index in [0.717, 1.165) is 35.6 Å². The molecule has 96 valence electrons. The summed E-state index contributed by atoms with van der Waals surface area (Å²) in [5, 5.41) is 7.01. The molecule has 18 heavy (non-hydrogen) atoms. The Labute approximate surface area is 115 Å². The highest BCUT2D eigenvalue weighted by atomic mass is 32.1. The van der Waals surface area contributed by atoms with Crippen molar-refractivity contribution >= 4 is 28.6 Å². The minimum atomic E-state index is 0.132. The van der Waals surface area contributed by atoms with Gasteiger partial charge < -0.3 is 4.90 Å². The molecule has 0 saturated carbocycles. The number of nitrogens with zero attached hydrogens (tertiary/aromatic N) is 2. The molecule has 2 aromatic rings. The van der Waals surface area contributed by atoms with Crippen molar-refractivity contribution in [3.63, 3.8) is 0 Å². The number of thiophene rings is 1. The minimum absolute atomic E-state index is 0.132. The molecule has 2 rings (SSSR count). The lowest BCUT2D eigenvalue weighted by molar-refractivity contribution is 0.0766. The summed E-state index contributed by atoms with van der Waals surface area (Å²) in [6.07, 6.45) is 2.64. The Morgan fingerprint density at radius 2 is 2.28 bits per heavy atom. The van der Waals surface area contributed by atoms with Crippen LogP contribution >= 0.6 is 22.7 Å². The lowest BCUT2D eigenvalue weighted by Gasteiger charge is -2.20. The van der Waals surface area contributed by atoms with Crippen LogP contribution in [-0.2, 0) is 6.42 Å². The molecule has 0 fully saturated rings. The van der Waals surface area contributed by atoms with Gasteiger partial charge in [0.15, 0.2) is 0 Å². The maximum absolute atomic E-state index is 12.3. The molecule has 3 nitrogen and oxygen atoms in total. The van der Waals surface area contributed by atoms with E-state index in [9.17, 15) is 4.79 Å². The Hall–Kier alpha value is -1.20. The molecule has 0 aliphatic heterocycles. The molecule has 0 aliphatic rings. The Morgan fingerprint density at radius 1 is 1.44 bits per heavy atom. The number of hydrogen-bond acceptors (Lipinski definition) is 4. The van der Waals surface area contributed by atoms with Crippen LogP contribution < -0.4 is 0 Å². The van der Waals surface area contributed by atoms with Crippen LogP contribution in [0.2, 0.25) is 0 Å². The van der Waals surface area contributed by atoms with Gasteiger partial charge in [-0.15, -0.1) is 11.3 Å². The first-order valence-electron chi connectivity index (χ1n) is 5.92. The summed E-state index contributed by atoms with van der Waals surface area (Å²) in [7, 11) is 0. The van der Waals surface area contributed by atoms with E-state index in [-0.39, 0.29) is 5.91 Å². The molecule has 0 N–H and O–H groups in total. The van der Waals surface area contributed by atoms with E-state index in [0.29, 0.717) is 0 Å². The molecule has 1 amide bonds. The zero-order valence-electron chi connectivity index (χ0n) is 10.5. The number of thiazole rings is 1. The summed E-state index contributed by atoms with van der Waals surface area (Å²) in [5.74, 6) is 0.132. The second-order valence-corrected chi connectivity index (χ2v) is 5.75.